The van der Waals surface area contributed by atoms with Crippen molar-refractivity contribution < 1.29 is 18.7 Å². The Kier molecular flexibility index (Phi) is 7.57. The Labute approximate surface area is 228 Å². The van der Waals surface area contributed by atoms with Gasteiger partial charge in [0.25, 0.3) is 11.5 Å². The van der Waals surface area contributed by atoms with Crippen LogP contribution in [0, 0.1) is 17.1 Å². The SMILES string of the molecule is Cn1c(C(N)=O)nc2c(C#N)c(N3CCC[C@@H](NC(=O)OC(C)(C)C)C3)n(Cc3cc(F)ccc3Cl)c2c1=O. The molecule has 4 rings (SSSR count). The first-order chi connectivity index (χ1) is 18.3. The van der Waals surface area contributed by atoms with Crippen LogP contribution in [0.25, 0.3) is 11.0 Å². The van der Waals surface area contributed by atoms with E-state index < -0.39 is 29.0 Å². The number of rotatable bonds is 5. The highest BCUT2D eigenvalue weighted by atomic mass is 35.5. The minimum atomic E-state index is -0.928. The quantitative estimate of drug-likeness (QED) is 0.489. The van der Waals surface area contributed by atoms with E-state index in [0.717, 1.165) is 4.57 Å². The van der Waals surface area contributed by atoms with Crippen LogP contribution in [-0.4, -0.2) is 50.9 Å². The van der Waals surface area contributed by atoms with Crippen LogP contribution in [0.1, 0.15) is 55.4 Å². The number of carbonyl (C=O) groups is 2. The number of amides is 2. The van der Waals surface area contributed by atoms with Crippen molar-refractivity contribution in [3.05, 3.63) is 56.3 Å². The number of aromatic nitrogens is 3. The third kappa shape index (κ3) is 5.68. The van der Waals surface area contributed by atoms with Crippen LogP contribution < -0.4 is 21.5 Å². The van der Waals surface area contributed by atoms with Crippen molar-refractivity contribution in [3.63, 3.8) is 0 Å². The molecular formula is C26H29ClFN7O4. The molecule has 0 radical (unpaired) electrons. The van der Waals surface area contributed by atoms with Crippen molar-refractivity contribution >= 4 is 40.5 Å². The van der Waals surface area contributed by atoms with Crippen LogP contribution in [0.15, 0.2) is 23.0 Å². The fourth-order valence-corrected chi connectivity index (χ4v) is 4.93. The van der Waals surface area contributed by atoms with Crippen LogP contribution in [-0.2, 0) is 18.3 Å². The first-order valence-corrected chi connectivity index (χ1v) is 12.7. The van der Waals surface area contributed by atoms with E-state index in [1.165, 1.54) is 25.2 Å². The molecule has 1 aliphatic rings. The van der Waals surface area contributed by atoms with Gasteiger partial charge in [0.05, 0.1) is 6.54 Å². The Morgan fingerprint density at radius 1 is 1.36 bits per heavy atom. The molecule has 206 valence electrons. The summed E-state index contributed by atoms with van der Waals surface area (Å²) in [6, 6.07) is 5.69. The number of alkyl carbamates (subject to hydrolysis) is 1. The van der Waals surface area contributed by atoms with Crippen molar-refractivity contribution in [2.45, 2.75) is 51.8 Å². The fourth-order valence-electron chi connectivity index (χ4n) is 4.76. The zero-order valence-corrected chi connectivity index (χ0v) is 22.8. The molecule has 1 fully saturated rings. The van der Waals surface area contributed by atoms with Crippen LogP contribution in [0.3, 0.4) is 0 Å². The Balaban J connectivity index is 1.88. The second-order valence-electron chi connectivity index (χ2n) is 10.4. The highest BCUT2D eigenvalue weighted by molar-refractivity contribution is 6.31. The van der Waals surface area contributed by atoms with E-state index >= 15 is 0 Å². The van der Waals surface area contributed by atoms with Gasteiger partial charge in [-0.25, -0.2) is 14.2 Å². The molecule has 3 heterocycles. The van der Waals surface area contributed by atoms with Gasteiger partial charge in [-0.15, -0.1) is 0 Å². The molecule has 0 aliphatic carbocycles. The van der Waals surface area contributed by atoms with E-state index in [1.807, 2.05) is 4.90 Å². The van der Waals surface area contributed by atoms with E-state index in [-0.39, 0.29) is 40.0 Å². The Morgan fingerprint density at radius 3 is 2.72 bits per heavy atom. The lowest BCUT2D eigenvalue weighted by Gasteiger charge is -2.35. The molecule has 1 saturated heterocycles. The molecule has 13 heteroatoms. The zero-order chi connectivity index (χ0) is 28.6. The van der Waals surface area contributed by atoms with Gasteiger partial charge in [0.1, 0.15) is 39.9 Å². The second kappa shape index (κ2) is 10.6. The molecule has 11 nitrogen and oxygen atoms in total. The molecule has 39 heavy (non-hydrogen) atoms. The number of nitrogens with one attached hydrogen (secondary N) is 1. The van der Waals surface area contributed by atoms with Crippen LogP contribution in [0.4, 0.5) is 15.0 Å². The molecular weight excluding hydrogens is 529 g/mol. The highest BCUT2D eigenvalue weighted by Gasteiger charge is 2.32. The largest absolute Gasteiger partial charge is 0.444 e. The predicted molar refractivity (Wildman–Crippen MR) is 143 cm³/mol. The van der Waals surface area contributed by atoms with E-state index in [2.05, 4.69) is 16.4 Å². The molecule has 1 aliphatic heterocycles. The first-order valence-electron chi connectivity index (χ1n) is 12.3. The summed E-state index contributed by atoms with van der Waals surface area (Å²) in [5.41, 5.74) is 4.63. The lowest BCUT2D eigenvalue weighted by atomic mass is 10.1. The number of hydrogen-bond acceptors (Lipinski definition) is 7. The van der Waals surface area contributed by atoms with Crippen LogP contribution >= 0.6 is 11.6 Å². The number of halogens is 2. The van der Waals surface area contributed by atoms with Crippen molar-refractivity contribution in [1.29, 1.82) is 5.26 Å². The molecule has 0 unspecified atom stereocenters. The number of piperidine rings is 1. The number of fused-ring (bicyclic) bond motifs is 1. The van der Waals surface area contributed by atoms with Gasteiger partial charge in [-0.1, -0.05) is 11.6 Å². The number of carbonyl (C=O) groups excluding carboxylic acids is 2. The summed E-state index contributed by atoms with van der Waals surface area (Å²) >= 11 is 6.37. The van der Waals surface area contributed by atoms with Gasteiger partial charge in [0, 0.05) is 31.2 Å². The highest BCUT2D eigenvalue weighted by Crippen LogP contribution is 2.34. The van der Waals surface area contributed by atoms with Crippen LogP contribution in [0.2, 0.25) is 5.02 Å². The smallest absolute Gasteiger partial charge is 0.407 e. The summed E-state index contributed by atoms with van der Waals surface area (Å²) < 4.78 is 22.1. The lowest BCUT2D eigenvalue weighted by Crippen LogP contribution is -2.49. The predicted octanol–water partition coefficient (Wildman–Crippen LogP) is 3.04. The maximum atomic E-state index is 14.2. The zero-order valence-electron chi connectivity index (χ0n) is 22.0. The van der Waals surface area contributed by atoms with Gasteiger partial charge in [0.15, 0.2) is 0 Å². The molecule has 1 aromatic carbocycles. The van der Waals surface area contributed by atoms with E-state index in [4.69, 9.17) is 22.1 Å². The molecule has 1 atom stereocenters. The summed E-state index contributed by atoms with van der Waals surface area (Å²) in [6.07, 6.45) is 0.758. The Morgan fingerprint density at radius 2 is 2.08 bits per heavy atom. The van der Waals surface area contributed by atoms with E-state index in [9.17, 15) is 24.0 Å². The van der Waals surface area contributed by atoms with E-state index in [0.29, 0.717) is 37.3 Å². The normalized spacial score (nSPS) is 15.7. The molecule has 0 bridgehead atoms. The summed E-state index contributed by atoms with van der Waals surface area (Å²) in [5, 5.41) is 13.4. The number of nitrogens with two attached hydrogens (primary N) is 1. The summed E-state index contributed by atoms with van der Waals surface area (Å²) in [6.45, 7) is 6.04. The summed E-state index contributed by atoms with van der Waals surface area (Å²) in [4.78, 5) is 44.1. The maximum absolute atomic E-state index is 14.2. The molecule has 2 aromatic heterocycles. The second-order valence-corrected chi connectivity index (χ2v) is 10.8. The molecule has 2 amide bonds. The molecule has 0 spiro atoms. The number of nitrogens with zero attached hydrogens (tertiary/aromatic N) is 5. The standard InChI is InChI=1S/C26H29ClFN7O4/c1-26(2,3)39-25(38)31-16-6-5-9-34(13-16)23-17(11-29)19-20(24(37)33(4)22(32-19)21(30)36)35(23)12-14-10-15(28)7-8-18(14)27/h7-8,10,16H,5-6,9,12-13H2,1-4H3,(H2,30,36)(H,31,38)/t16-/m1/s1. The third-order valence-corrected chi connectivity index (χ3v) is 6.73. The Hall–Kier alpha value is -4.11. The number of anilines is 1. The average Bonchev–Trinajstić information content (AvgIpc) is 3.15. The number of ether oxygens (including phenoxy) is 1. The summed E-state index contributed by atoms with van der Waals surface area (Å²) in [5.74, 6) is -1.41. The summed E-state index contributed by atoms with van der Waals surface area (Å²) in [7, 11) is 1.36. The topological polar surface area (TPSA) is 148 Å². The molecule has 3 aromatic rings. The minimum Gasteiger partial charge on any atom is -0.444 e. The van der Waals surface area contributed by atoms with Gasteiger partial charge >= 0.3 is 6.09 Å². The Bertz CT molecular complexity index is 1570. The fraction of sp³-hybridized carbons (Fsp3) is 0.423. The average molecular weight is 558 g/mol. The lowest BCUT2D eigenvalue weighted by molar-refractivity contribution is 0.0499. The van der Waals surface area contributed by atoms with Gasteiger partial charge in [-0.3, -0.25) is 14.2 Å². The first kappa shape index (κ1) is 27.9. The number of benzene rings is 1. The van der Waals surface area contributed by atoms with Crippen molar-refractivity contribution in [3.8, 4) is 6.07 Å². The van der Waals surface area contributed by atoms with E-state index in [1.54, 1.807) is 25.3 Å². The number of primary amides is 1. The third-order valence-electron chi connectivity index (χ3n) is 6.36. The van der Waals surface area contributed by atoms with Crippen molar-refractivity contribution in [1.82, 2.24) is 19.4 Å². The molecule has 0 saturated carbocycles. The monoisotopic (exact) mass is 557 g/mol. The molecule has 3 N–H and O–H groups in total. The minimum absolute atomic E-state index is 0.000787. The van der Waals surface area contributed by atoms with Crippen molar-refractivity contribution in [2.24, 2.45) is 12.8 Å². The van der Waals surface area contributed by atoms with Gasteiger partial charge < -0.3 is 25.3 Å². The number of hydrogen-bond donors (Lipinski definition) is 2. The number of nitriles is 1. The van der Waals surface area contributed by atoms with Crippen LogP contribution in [0.5, 0.6) is 0 Å². The van der Waals surface area contributed by atoms with Gasteiger partial charge in [-0.2, -0.15) is 5.26 Å². The maximum Gasteiger partial charge on any atom is 0.407 e. The van der Waals surface area contributed by atoms with Gasteiger partial charge in [-0.05, 0) is 57.4 Å². The van der Waals surface area contributed by atoms with Crippen molar-refractivity contribution in [2.75, 3.05) is 18.0 Å². The van der Waals surface area contributed by atoms with Gasteiger partial charge in [0.2, 0.25) is 5.82 Å².